The summed E-state index contributed by atoms with van der Waals surface area (Å²) in [5.74, 6) is -0.544. The van der Waals surface area contributed by atoms with Crippen molar-refractivity contribution in [1.82, 2.24) is 5.43 Å². The molecule has 9 nitrogen and oxygen atoms in total. The second-order valence-corrected chi connectivity index (χ2v) is 7.43. The lowest BCUT2D eigenvalue weighted by atomic mass is 9.87. The third-order valence-corrected chi connectivity index (χ3v) is 4.07. The molecule has 0 aliphatic rings. The number of phenols is 1. The van der Waals surface area contributed by atoms with E-state index in [0.717, 1.165) is 11.6 Å². The highest BCUT2D eigenvalue weighted by Crippen LogP contribution is 2.36. The Morgan fingerprint density at radius 1 is 1.23 bits per heavy atom. The first kappa shape index (κ1) is 22.7. The topological polar surface area (TPSA) is 123 Å². The summed E-state index contributed by atoms with van der Waals surface area (Å²) >= 11 is 0. The van der Waals surface area contributed by atoms with Gasteiger partial charge in [0.25, 0.3) is 5.91 Å². The first-order valence-electron chi connectivity index (χ1n) is 9.31. The number of nitrogens with one attached hydrogen (secondary N) is 1. The summed E-state index contributed by atoms with van der Waals surface area (Å²) in [6, 6.07) is 9.98. The molecular weight excluding hydrogens is 390 g/mol. The van der Waals surface area contributed by atoms with Crippen molar-refractivity contribution in [3.63, 3.8) is 0 Å². The van der Waals surface area contributed by atoms with Crippen LogP contribution in [0.2, 0.25) is 0 Å². The Labute approximate surface area is 174 Å². The minimum atomic E-state index is -0.730. The van der Waals surface area contributed by atoms with Crippen LogP contribution in [-0.2, 0) is 10.2 Å². The Morgan fingerprint density at radius 2 is 1.90 bits per heavy atom. The van der Waals surface area contributed by atoms with E-state index in [1.807, 2.05) is 12.1 Å². The monoisotopic (exact) mass is 415 g/mol. The van der Waals surface area contributed by atoms with E-state index >= 15 is 0 Å². The second kappa shape index (κ2) is 9.73. The molecule has 2 rings (SSSR count). The van der Waals surface area contributed by atoms with Crippen LogP contribution in [0.4, 0.5) is 5.69 Å². The molecular formula is C21H25N3O6. The lowest BCUT2D eigenvalue weighted by Gasteiger charge is -2.19. The largest absolute Gasteiger partial charge is 0.500 e. The summed E-state index contributed by atoms with van der Waals surface area (Å²) < 4.78 is 10.6. The van der Waals surface area contributed by atoms with E-state index in [1.54, 1.807) is 19.1 Å². The van der Waals surface area contributed by atoms with Gasteiger partial charge in [0.05, 0.1) is 17.7 Å². The molecule has 2 aromatic carbocycles. The summed E-state index contributed by atoms with van der Waals surface area (Å²) in [6.07, 6.45) is 1.21. The Kier molecular flexibility index (Phi) is 7.35. The summed E-state index contributed by atoms with van der Waals surface area (Å²) in [6.45, 7) is 7.97. The molecule has 0 heterocycles. The van der Waals surface area contributed by atoms with Gasteiger partial charge in [0.1, 0.15) is 5.75 Å². The molecule has 2 aromatic rings. The van der Waals surface area contributed by atoms with Gasteiger partial charge in [-0.2, -0.15) is 5.10 Å². The van der Waals surface area contributed by atoms with Crippen LogP contribution in [0.15, 0.2) is 41.5 Å². The van der Waals surface area contributed by atoms with Gasteiger partial charge >= 0.3 is 5.69 Å². The summed E-state index contributed by atoms with van der Waals surface area (Å²) in [4.78, 5) is 22.2. The molecule has 0 saturated carbocycles. The molecule has 0 unspecified atom stereocenters. The molecule has 0 saturated heterocycles. The Hall–Kier alpha value is -3.62. The van der Waals surface area contributed by atoms with E-state index in [2.05, 4.69) is 31.3 Å². The number of phenolic OH excluding ortho intramolecular Hbond substituents is 1. The third kappa shape index (κ3) is 6.20. The average molecular weight is 415 g/mol. The van der Waals surface area contributed by atoms with E-state index in [1.165, 1.54) is 12.3 Å². The predicted molar refractivity (Wildman–Crippen MR) is 112 cm³/mol. The second-order valence-electron chi connectivity index (χ2n) is 7.43. The van der Waals surface area contributed by atoms with Crippen molar-refractivity contribution >= 4 is 17.8 Å². The number of aromatic hydroxyl groups is 1. The van der Waals surface area contributed by atoms with Gasteiger partial charge in [-0.1, -0.05) is 32.9 Å². The van der Waals surface area contributed by atoms with Gasteiger partial charge in [0.15, 0.2) is 12.4 Å². The molecule has 0 aromatic heterocycles. The Balaban J connectivity index is 1.96. The first-order valence-corrected chi connectivity index (χ1v) is 9.31. The van der Waals surface area contributed by atoms with Crippen molar-refractivity contribution < 1.29 is 24.3 Å². The molecule has 30 heavy (non-hydrogen) atoms. The van der Waals surface area contributed by atoms with Crippen molar-refractivity contribution in [1.29, 1.82) is 0 Å². The van der Waals surface area contributed by atoms with Gasteiger partial charge in [-0.05, 0) is 36.1 Å². The quantitative estimate of drug-likeness (QED) is 0.386. The first-order chi connectivity index (χ1) is 14.1. The number of nitrogens with zero attached hydrogens (tertiary/aromatic N) is 2. The number of hydrogen-bond acceptors (Lipinski definition) is 7. The molecule has 1 amide bonds. The van der Waals surface area contributed by atoms with Crippen molar-refractivity contribution in [2.24, 2.45) is 5.10 Å². The van der Waals surface area contributed by atoms with Crippen LogP contribution in [-0.4, -0.2) is 35.4 Å². The number of ether oxygens (including phenoxy) is 2. The number of rotatable bonds is 8. The summed E-state index contributed by atoms with van der Waals surface area (Å²) in [5.41, 5.74) is 3.22. The minimum Gasteiger partial charge on any atom is -0.500 e. The lowest BCUT2D eigenvalue weighted by Crippen LogP contribution is -2.24. The fourth-order valence-corrected chi connectivity index (χ4v) is 2.50. The van der Waals surface area contributed by atoms with E-state index in [-0.39, 0.29) is 29.9 Å². The van der Waals surface area contributed by atoms with Crippen molar-refractivity contribution in [2.75, 3.05) is 13.2 Å². The van der Waals surface area contributed by atoms with E-state index in [0.29, 0.717) is 5.75 Å². The number of nitro groups is 1. The molecule has 0 bridgehead atoms. The summed E-state index contributed by atoms with van der Waals surface area (Å²) in [5, 5.41) is 24.7. The number of carbonyl (C=O) groups is 1. The average Bonchev–Trinajstić information content (AvgIpc) is 2.68. The van der Waals surface area contributed by atoms with E-state index < -0.39 is 22.3 Å². The zero-order valence-corrected chi connectivity index (χ0v) is 17.3. The number of nitro benzene ring substituents is 1. The van der Waals surface area contributed by atoms with Crippen LogP contribution in [0.3, 0.4) is 0 Å². The third-order valence-electron chi connectivity index (χ3n) is 4.07. The van der Waals surface area contributed by atoms with Gasteiger partial charge < -0.3 is 14.6 Å². The smallest absolute Gasteiger partial charge is 0.315 e. The standard InChI is InChI=1S/C21H25N3O6/c1-5-29-18-11-14(10-17(20(18)26)24(27)28)12-22-23-19(25)13-30-16-8-6-15(7-9-16)21(2,3)4/h6-12,26H,5,13H2,1-4H3,(H,23,25)/b22-12-. The maximum atomic E-state index is 11.9. The highest BCUT2D eigenvalue weighted by molar-refractivity contribution is 5.85. The molecule has 0 atom stereocenters. The maximum absolute atomic E-state index is 11.9. The van der Waals surface area contributed by atoms with Crippen LogP contribution >= 0.6 is 0 Å². The molecule has 160 valence electrons. The highest BCUT2D eigenvalue weighted by atomic mass is 16.6. The zero-order chi connectivity index (χ0) is 22.3. The van der Waals surface area contributed by atoms with Crippen LogP contribution in [0.1, 0.15) is 38.8 Å². The molecule has 0 aliphatic heterocycles. The van der Waals surface area contributed by atoms with Crippen LogP contribution < -0.4 is 14.9 Å². The van der Waals surface area contributed by atoms with Crippen LogP contribution in [0.5, 0.6) is 17.2 Å². The van der Waals surface area contributed by atoms with Crippen molar-refractivity contribution in [2.45, 2.75) is 33.1 Å². The normalized spacial score (nSPS) is 11.3. The lowest BCUT2D eigenvalue weighted by molar-refractivity contribution is -0.386. The van der Waals surface area contributed by atoms with E-state index in [9.17, 15) is 20.0 Å². The molecule has 2 N–H and O–H groups in total. The van der Waals surface area contributed by atoms with Crippen molar-refractivity contribution in [3.8, 4) is 17.2 Å². The van der Waals surface area contributed by atoms with Crippen LogP contribution in [0.25, 0.3) is 0 Å². The number of hydrogen-bond donors (Lipinski definition) is 2. The predicted octanol–water partition coefficient (Wildman–Crippen LogP) is 3.53. The van der Waals surface area contributed by atoms with Gasteiger partial charge in [0.2, 0.25) is 5.75 Å². The SMILES string of the molecule is CCOc1cc(/C=N\NC(=O)COc2ccc(C(C)(C)C)cc2)cc([N+](=O)[O-])c1O. The van der Waals surface area contributed by atoms with E-state index in [4.69, 9.17) is 9.47 Å². The van der Waals surface area contributed by atoms with Gasteiger partial charge in [0, 0.05) is 11.6 Å². The highest BCUT2D eigenvalue weighted by Gasteiger charge is 2.19. The molecule has 9 heteroatoms. The van der Waals surface area contributed by atoms with Gasteiger partial charge in [-0.15, -0.1) is 0 Å². The fraction of sp³-hybridized carbons (Fsp3) is 0.333. The minimum absolute atomic E-state index is 0.0238. The zero-order valence-electron chi connectivity index (χ0n) is 17.3. The molecule has 0 radical (unpaired) electrons. The van der Waals surface area contributed by atoms with Gasteiger partial charge in [-0.25, -0.2) is 5.43 Å². The molecule has 0 aliphatic carbocycles. The molecule has 0 fully saturated rings. The van der Waals surface area contributed by atoms with Crippen molar-refractivity contribution in [3.05, 3.63) is 57.6 Å². The number of carbonyl (C=O) groups excluding carboxylic acids is 1. The number of amides is 1. The Bertz CT molecular complexity index is 933. The van der Waals surface area contributed by atoms with Crippen LogP contribution in [0, 0.1) is 10.1 Å². The Morgan fingerprint density at radius 3 is 2.47 bits per heavy atom. The molecule has 0 spiro atoms. The number of hydrazone groups is 1. The van der Waals surface area contributed by atoms with Gasteiger partial charge in [-0.3, -0.25) is 14.9 Å². The number of benzene rings is 2. The summed E-state index contributed by atoms with van der Waals surface area (Å²) in [7, 11) is 0. The maximum Gasteiger partial charge on any atom is 0.315 e. The fourth-order valence-electron chi connectivity index (χ4n) is 2.50.